The number of benzene rings is 2. The zero-order valence-corrected chi connectivity index (χ0v) is 19.3. The van der Waals surface area contributed by atoms with Gasteiger partial charge in [0.15, 0.2) is 6.61 Å². The van der Waals surface area contributed by atoms with E-state index < -0.39 is 18.5 Å². The SMILES string of the molecule is CC(NC(=O)c1ccccc1NC(=O)COC(=O)C1CC2CCCC(C1)C2=O)c1ccccc1. The first kappa shape index (κ1) is 23.7. The molecule has 0 aliphatic heterocycles. The molecule has 0 aromatic heterocycles. The van der Waals surface area contributed by atoms with Crippen LogP contribution < -0.4 is 10.6 Å². The molecule has 2 saturated carbocycles. The second-order valence-electron chi connectivity index (χ2n) is 9.20. The van der Waals surface area contributed by atoms with Gasteiger partial charge in [-0.05, 0) is 50.3 Å². The number of esters is 1. The molecule has 34 heavy (non-hydrogen) atoms. The van der Waals surface area contributed by atoms with Crippen molar-refractivity contribution in [2.75, 3.05) is 11.9 Å². The quantitative estimate of drug-likeness (QED) is 0.605. The van der Waals surface area contributed by atoms with Crippen LogP contribution in [0.5, 0.6) is 0 Å². The molecular weight excluding hydrogens is 432 g/mol. The zero-order chi connectivity index (χ0) is 24.1. The Labute approximate surface area is 199 Å². The Morgan fingerprint density at radius 1 is 0.971 bits per heavy atom. The molecule has 7 nitrogen and oxygen atoms in total. The zero-order valence-electron chi connectivity index (χ0n) is 19.3. The first-order valence-corrected chi connectivity index (χ1v) is 11.9. The summed E-state index contributed by atoms with van der Waals surface area (Å²) in [6.45, 7) is 1.45. The van der Waals surface area contributed by atoms with Crippen molar-refractivity contribution < 1.29 is 23.9 Å². The largest absolute Gasteiger partial charge is 0.455 e. The maximum Gasteiger partial charge on any atom is 0.309 e. The smallest absolute Gasteiger partial charge is 0.309 e. The molecule has 2 aromatic rings. The number of rotatable bonds is 7. The van der Waals surface area contributed by atoms with Gasteiger partial charge >= 0.3 is 5.97 Å². The lowest BCUT2D eigenvalue weighted by molar-refractivity contribution is -0.155. The number of amides is 2. The molecule has 2 aliphatic carbocycles. The number of ether oxygens (including phenoxy) is 1. The molecule has 2 fully saturated rings. The predicted octanol–water partition coefficient (Wildman–Crippen LogP) is 4.05. The summed E-state index contributed by atoms with van der Waals surface area (Å²) in [6, 6.07) is 16.1. The van der Waals surface area contributed by atoms with E-state index >= 15 is 0 Å². The topological polar surface area (TPSA) is 102 Å². The van der Waals surface area contributed by atoms with Crippen LogP contribution in [-0.2, 0) is 19.1 Å². The van der Waals surface area contributed by atoms with Gasteiger partial charge in [-0.3, -0.25) is 19.2 Å². The molecule has 0 radical (unpaired) electrons. The second kappa shape index (κ2) is 10.6. The van der Waals surface area contributed by atoms with Crippen LogP contribution in [0.15, 0.2) is 54.6 Å². The minimum absolute atomic E-state index is 0.0532. The first-order chi connectivity index (χ1) is 16.4. The maximum absolute atomic E-state index is 12.9. The molecule has 2 aliphatic rings. The Balaban J connectivity index is 1.31. The first-order valence-electron chi connectivity index (χ1n) is 11.9. The van der Waals surface area contributed by atoms with E-state index in [2.05, 4.69) is 10.6 Å². The monoisotopic (exact) mass is 462 g/mol. The molecule has 0 saturated heterocycles. The van der Waals surface area contributed by atoms with Gasteiger partial charge in [0.05, 0.1) is 23.2 Å². The fraction of sp³-hybridized carbons (Fsp3) is 0.407. The van der Waals surface area contributed by atoms with Crippen LogP contribution in [0.3, 0.4) is 0 Å². The van der Waals surface area contributed by atoms with Crippen LogP contribution in [-0.4, -0.2) is 30.2 Å². The number of hydrogen-bond acceptors (Lipinski definition) is 5. The average Bonchev–Trinajstić information content (AvgIpc) is 2.83. The molecule has 2 N–H and O–H groups in total. The van der Waals surface area contributed by atoms with Crippen LogP contribution in [0, 0.1) is 17.8 Å². The summed E-state index contributed by atoms with van der Waals surface area (Å²) >= 11 is 0. The number of fused-ring (bicyclic) bond motifs is 2. The van der Waals surface area contributed by atoms with Gasteiger partial charge in [0.25, 0.3) is 11.8 Å². The van der Waals surface area contributed by atoms with Crippen molar-refractivity contribution in [2.24, 2.45) is 17.8 Å². The summed E-state index contributed by atoms with van der Waals surface area (Å²) < 4.78 is 5.28. The number of anilines is 1. The van der Waals surface area contributed by atoms with Crippen molar-refractivity contribution in [3.63, 3.8) is 0 Å². The number of ketones is 1. The van der Waals surface area contributed by atoms with E-state index in [4.69, 9.17) is 4.74 Å². The van der Waals surface area contributed by atoms with E-state index in [0.717, 1.165) is 24.8 Å². The molecule has 4 rings (SSSR count). The highest BCUT2D eigenvalue weighted by atomic mass is 16.5. The number of carbonyl (C=O) groups excluding carboxylic acids is 4. The van der Waals surface area contributed by atoms with Crippen molar-refractivity contribution in [3.05, 3.63) is 65.7 Å². The molecule has 3 unspecified atom stereocenters. The predicted molar refractivity (Wildman–Crippen MR) is 127 cm³/mol. The van der Waals surface area contributed by atoms with Crippen LogP contribution in [0.2, 0.25) is 0 Å². The van der Waals surface area contributed by atoms with E-state index in [0.29, 0.717) is 24.1 Å². The lowest BCUT2D eigenvalue weighted by Gasteiger charge is -2.36. The summed E-state index contributed by atoms with van der Waals surface area (Å²) in [4.78, 5) is 50.1. The van der Waals surface area contributed by atoms with Crippen molar-refractivity contribution in [1.29, 1.82) is 0 Å². The number of Topliss-reactive ketones (excluding diaryl/α,β-unsaturated/α-hetero) is 1. The van der Waals surface area contributed by atoms with Crippen molar-refractivity contribution in [3.8, 4) is 0 Å². The van der Waals surface area contributed by atoms with Gasteiger partial charge in [-0.2, -0.15) is 0 Å². The van der Waals surface area contributed by atoms with E-state index in [9.17, 15) is 19.2 Å². The molecule has 2 amide bonds. The normalized spacial score (nSPS) is 22.4. The Bertz CT molecular complexity index is 1050. The fourth-order valence-corrected chi connectivity index (χ4v) is 5.00. The number of carbonyl (C=O) groups is 4. The molecule has 7 heteroatoms. The second-order valence-corrected chi connectivity index (χ2v) is 9.20. The standard InChI is InChI=1S/C27H30N2O5/c1-17(18-8-3-2-4-9-18)28-26(32)22-12-5-6-13-23(22)29-24(30)16-34-27(33)21-14-19-10-7-11-20(15-21)25(19)31/h2-6,8-9,12-13,17,19-21H,7,10-11,14-16H2,1H3,(H,28,32)(H,29,30). The van der Waals surface area contributed by atoms with Crippen molar-refractivity contribution in [2.45, 2.75) is 45.1 Å². The van der Waals surface area contributed by atoms with E-state index in [1.807, 2.05) is 37.3 Å². The Morgan fingerprint density at radius 3 is 2.32 bits per heavy atom. The maximum atomic E-state index is 12.9. The molecule has 0 heterocycles. The summed E-state index contributed by atoms with van der Waals surface area (Å²) in [5.41, 5.74) is 1.64. The van der Waals surface area contributed by atoms with E-state index in [1.54, 1.807) is 24.3 Å². The van der Waals surface area contributed by atoms with Crippen molar-refractivity contribution >= 4 is 29.3 Å². The van der Waals surface area contributed by atoms with Gasteiger partial charge in [0, 0.05) is 11.8 Å². The lowest BCUT2D eigenvalue weighted by Crippen LogP contribution is -2.40. The highest BCUT2D eigenvalue weighted by Gasteiger charge is 2.41. The molecule has 2 bridgehead atoms. The third kappa shape index (κ3) is 5.53. The van der Waals surface area contributed by atoms with Gasteiger partial charge in [0.1, 0.15) is 5.78 Å². The molecule has 2 aromatic carbocycles. The number of para-hydroxylation sites is 1. The van der Waals surface area contributed by atoms with Crippen LogP contribution >= 0.6 is 0 Å². The molecular formula is C27H30N2O5. The van der Waals surface area contributed by atoms with Gasteiger partial charge < -0.3 is 15.4 Å². The molecule has 178 valence electrons. The van der Waals surface area contributed by atoms with Crippen LogP contribution in [0.1, 0.15) is 61.0 Å². The Kier molecular flexibility index (Phi) is 7.40. The third-order valence-electron chi connectivity index (χ3n) is 6.82. The van der Waals surface area contributed by atoms with E-state index in [-0.39, 0.29) is 35.5 Å². The third-order valence-corrected chi connectivity index (χ3v) is 6.82. The van der Waals surface area contributed by atoms with Gasteiger partial charge in [-0.1, -0.05) is 48.9 Å². The van der Waals surface area contributed by atoms with Crippen LogP contribution in [0.4, 0.5) is 5.69 Å². The number of nitrogens with one attached hydrogen (secondary N) is 2. The van der Waals surface area contributed by atoms with E-state index in [1.165, 1.54) is 0 Å². The minimum Gasteiger partial charge on any atom is -0.455 e. The van der Waals surface area contributed by atoms with Crippen molar-refractivity contribution in [1.82, 2.24) is 5.32 Å². The Morgan fingerprint density at radius 2 is 1.62 bits per heavy atom. The fourth-order valence-electron chi connectivity index (χ4n) is 5.00. The van der Waals surface area contributed by atoms with Gasteiger partial charge in [0.2, 0.25) is 0 Å². The summed E-state index contributed by atoms with van der Waals surface area (Å²) in [5, 5.41) is 5.62. The van der Waals surface area contributed by atoms with Gasteiger partial charge in [-0.25, -0.2) is 0 Å². The Hall–Kier alpha value is -3.48. The van der Waals surface area contributed by atoms with Gasteiger partial charge in [-0.15, -0.1) is 0 Å². The summed E-state index contributed by atoms with van der Waals surface area (Å²) in [6.07, 6.45) is 3.72. The van der Waals surface area contributed by atoms with Crippen LogP contribution in [0.25, 0.3) is 0 Å². The average molecular weight is 463 g/mol. The summed E-state index contributed by atoms with van der Waals surface area (Å²) in [5.74, 6) is -1.42. The summed E-state index contributed by atoms with van der Waals surface area (Å²) in [7, 11) is 0. The molecule has 0 spiro atoms. The number of hydrogen-bond donors (Lipinski definition) is 2. The highest BCUT2D eigenvalue weighted by Crippen LogP contribution is 2.40. The highest BCUT2D eigenvalue weighted by molar-refractivity contribution is 6.04. The lowest BCUT2D eigenvalue weighted by atomic mass is 9.67. The molecule has 3 atom stereocenters. The minimum atomic E-state index is -0.517.